The molecule has 0 fully saturated rings. The van der Waals surface area contributed by atoms with Crippen LogP contribution in [-0.4, -0.2) is 40.4 Å². The summed E-state index contributed by atoms with van der Waals surface area (Å²) in [6.07, 6.45) is 2.47. The summed E-state index contributed by atoms with van der Waals surface area (Å²) < 4.78 is 36.8. The lowest BCUT2D eigenvalue weighted by molar-refractivity contribution is 0.0964. The summed E-state index contributed by atoms with van der Waals surface area (Å²) in [4.78, 5) is 18.5. The smallest absolute Gasteiger partial charge is 0.255 e. The number of para-hydroxylation sites is 1. The highest BCUT2D eigenvalue weighted by atomic mass is 32.2. The zero-order chi connectivity index (χ0) is 30.0. The third kappa shape index (κ3) is 4.30. The van der Waals surface area contributed by atoms with Gasteiger partial charge in [0.25, 0.3) is 5.91 Å². The van der Waals surface area contributed by atoms with Gasteiger partial charge in [0.1, 0.15) is 23.4 Å². The summed E-state index contributed by atoms with van der Waals surface area (Å²) in [7, 11) is 3.32. The van der Waals surface area contributed by atoms with Crippen LogP contribution in [0.3, 0.4) is 0 Å². The number of carbonyl (C=O) groups is 1. The summed E-state index contributed by atoms with van der Waals surface area (Å²) >= 11 is -1.35. The van der Waals surface area contributed by atoms with Crippen molar-refractivity contribution in [2.75, 3.05) is 24.7 Å². The largest absolute Gasteiger partial charge is 0.593 e. The number of pyridine rings is 1. The predicted molar refractivity (Wildman–Crippen MR) is 170 cm³/mol. The minimum Gasteiger partial charge on any atom is -0.593 e. The molecule has 7 nitrogen and oxygen atoms in total. The number of aryl methyl sites for hydroxylation is 3. The molecule has 216 valence electrons. The molecule has 1 unspecified atom stereocenters. The standard InChI is InChI=1S/C34H29FN4O3S/c1-19-23-7-5-6-8-27(23)39-16-15-20-11-14-26(37-31(20)32(19)39)24-17-25-29(18-28(24)38(3)43(4)41)42-33(30(25)34(40)36-2)21-9-12-22(35)13-10-21/h5-14,17-18H,15-16H2,1-4H3,(H,36,40). The average molecular weight is 593 g/mol. The fourth-order valence-electron chi connectivity index (χ4n) is 6.18. The number of nitrogens with zero attached hydrogens (tertiary/aromatic N) is 3. The van der Waals surface area contributed by atoms with Crippen LogP contribution >= 0.6 is 0 Å². The monoisotopic (exact) mass is 592 g/mol. The lowest BCUT2D eigenvalue weighted by atomic mass is 9.97. The lowest BCUT2D eigenvalue weighted by Crippen LogP contribution is -2.25. The van der Waals surface area contributed by atoms with E-state index in [1.807, 2.05) is 12.1 Å². The zero-order valence-electron chi connectivity index (χ0n) is 24.2. The SMILES string of the molecule is CNC(=O)c1c(-c2ccc(F)cc2)oc2cc(N(C)[S+](C)[O-])c(-c3ccc4c(n3)-c3c(C)c5ccccc5n3CC4)cc12. The van der Waals surface area contributed by atoms with Crippen LogP contribution in [0.2, 0.25) is 0 Å². The fourth-order valence-corrected chi connectivity index (χ4v) is 6.61. The van der Waals surface area contributed by atoms with E-state index in [0.29, 0.717) is 39.2 Å². The van der Waals surface area contributed by atoms with Crippen molar-refractivity contribution in [1.29, 1.82) is 0 Å². The number of rotatable bonds is 5. The van der Waals surface area contributed by atoms with Crippen molar-refractivity contribution in [3.8, 4) is 34.0 Å². The van der Waals surface area contributed by atoms with E-state index in [9.17, 15) is 13.7 Å². The van der Waals surface area contributed by atoms with Gasteiger partial charge >= 0.3 is 0 Å². The molecule has 1 atom stereocenters. The zero-order valence-corrected chi connectivity index (χ0v) is 25.0. The van der Waals surface area contributed by atoms with Gasteiger partial charge in [-0.2, -0.15) is 4.31 Å². The highest BCUT2D eigenvalue weighted by molar-refractivity contribution is 7.92. The molecule has 43 heavy (non-hydrogen) atoms. The second-order valence-electron chi connectivity index (χ2n) is 10.8. The highest BCUT2D eigenvalue weighted by Gasteiger charge is 2.28. The number of amides is 1. The minimum atomic E-state index is -1.35. The number of furan rings is 1. The number of benzene rings is 3. The van der Waals surface area contributed by atoms with Crippen molar-refractivity contribution in [3.63, 3.8) is 0 Å². The summed E-state index contributed by atoms with van der Waals surface area (Å²) in [6, 6.07) is 22.0. The number of hydrogen-bond acceptors (Lipinski definition) is 5. The van der Waals surface area contributed by atoms with Gasteiger partial charge in [0.2, 0.25) is 0 Å². The Labute approximate surface area is 251 Å². The predicted octanol–water partition coefficient (Wildman–Crippen LogP) is 6.88. The van der Waals surface area contributed by atoms with E-state index in [1.54, 1.807) is 42.9 Å². The molecule has 3 aromatic carbocycles. The summed E-state index contributed by atoms with van der Waals surface area (Å²) in [5.41, 5.74) is 9.00. The van der Waals surface area contributed by atoms with Gasteiger partial charge in [-0.15, -0.1) is 0 Å². The molecule has 0 radical (unpaired) electrons. The Hall–Kier alpha value is -4.60. The lowest BCUT2D eigenvalue weighted by Gasteiger charge is -2.23. The first-order valence-electron chi connectivity index (χ1n) is 14.0. The first-order chi connectivity index (χ1) is 20.8. The van der Waals surface area contributed by atoms with Gasteiger partial charge in [0.15, 0.2) is 0 Å². The quantitative estimate of drug-likeness (QED) is 0.221. The average Bonchev–Trinajstić information content (AvgIpc) is 3.55. The molecule has 6 aromatic rings. The third-order valence-electron chi connectivity index (χ3n) is 8.40. The molecule has 1 N–H and O–H groups in total. The molecule has 3 aromatic heterocycles. The van der Waals surface area contributed by atoms with Crippen LogP contribution in [0.1, 0.15) is 21.5 Å². The maximum atomic E-state index is 13.7. The van der Waals surface area contributed by atoms with E-state index in [1.165, 1.54) is 34.2 Å². The maximum absolute atomic E-state index is 13.7. The van der Waals surface area contributed by atoms with E-state index in [2.05, 4.69) is 47.1 Å². The number of hydrogen-bond donors (Lipinski definition) is 1. The molecule has 0 saturated carbocycles. The molecule has 7 rings (SSSR count). The van der Waals surface area contributed by atoms with Gasteiger partial charge in [-0.05, 0) is 66.9 Å². The van der Waals surface area contributed by atoms with E-state index in [-0.39, 0.29) is 11.7 Å². The minimum absolute atomic E-state index is 0.330. The Kier molecular flexibility index (Phi) is 6.52. The second-order valence-corrected chi connectivity index (χ2v) is 12.2. The van der Waals surface area contributed by atoms with Crippen molar-refractivity contribution in [2.24, 2.45) is 0 Å². The fraction of sp³-hybridized carbons (Fsp3) is 0.176. The van der Waals surface area contributed by atoms with Crippen LogP contribution in [0.4, 0.5) is 10.1 Å². The number of aromatic nitrogens is 2. The summed E-state index contributed by atoms with van der Waals surface area (Å²) in [5.74, 6) is -0.384. The van der Waals surface area contributed by atoms with E-state index >= 15 is 0 Å². The van der Waals surface area contributed by atoms with Crippen LogP contribution in [0.25, 0.3) is 55.8 Å². The topological polar surface area (TPSA) is 86.4 Å². The van der Waals surface area contributed by atoms with Crippen LogP contribution in [0.15, 0.2) is 77.2 Å². The molecule has 0 aliphatic carbocycles. The molecule has 0 saturated heterocycles. The van der Waals surface area contributed by atoms with Crippen molar-refractivity contribution < 1.29 is 18.2 Å². The van der Waals surface area contributed by atoms with Crippen molar-refractivity contribution in [1.82, 2.24) is 14.9 Å². The van der Waals surface area contributed by atoms with E-state index in [0.717, 1.165) is 29.9 Å². The Morgan fingerprint density at radius 2 is 1.86 bits per heavy atom. The van der Waals surface area contributed by atoms with Gasteiger partial charge in [-0.25, -0.2) is 9.37 Å². The number of nitrogens with one attached hydrogen (secondary N) is 1. The maximum Gasteiger partial charge on any atom is 0.255 e. The molecule has 1 aliphatic heterocycles. The van der Waals surface area contributed by atoms with Gasteiger partial charge in [0, 0.05) is 47.1 Å². The first-order valence-corrected chi connectivity index (χ1v) is 15.5. The van der Waals surface area contributed by atoms with Crippen LogP contribution in [-0.2, 0) is 24.3 Å². The molecule has 1 amide bonds. The van der Waals surface area contributed by atoms with Crippen molar-refractivity contribution in [3.05, 3.63) is 95.3 Å². The van der Waals surface area contributed by atoms with Gasteiger partial charge in [0.05, 0.1) is 46.7 Å². The van der Waals surface area contributed by atoms with Gasteiger partial charge in [-0.1, -0.05) is 24.3 Å². The highest BCUT2D eigenvalue weighted by Crippen LogP contribution is 2.43. The number of halogens is 1. The molecular weight excluding hydrogens is 563 g/mol. The molecule has 0 spiro atoms. The molecule has 0 bridgehead atoms. The number of anilines is 1. The molecule has 4 heterocycles. The van der Waals surface area contributed by atoms with Gasteiger partial charge < -0.3 is 18.9 Å². The summed E-state index contributed by atoms with van der Waals surface area (Å²) in [6.45, 7) is 3.02. The Balaban J connectivity index is 1.49. The number of carbonyl (C=O) groups excluding carboxylic acids is 1. The Morgan fingerprint density at radius 1 is 1.09 bits per heavy atom. The molecular formula is C34H29FN4O3S. The first kappa shape index (κ1) is 27.2. The van der Waals surface area contributed by atoms with Gasteiger partial charge in [-0.3, -0.25) is 4.79 Å². The summed E-state index contributed by atoms with van der Waals surface area (Å²) in [5, 5.41) is 4.51. The van der Waals surface area contributed by atoms with Crippen LogP contribution in [0, 0.1) is 12.7 Å². The van der Waals surface area contributed by atoms with E-state index < -0.39 is 11.4 Å². The Bertz CT molecular complexity index is 2060. The van der Waals surface area contributed by atoms with Crippen LogP contribution < -0.4 is 9.62 Å². The number of fused-ring (bicyclic) bond motifs is 6. The second kappa shape index (κ2) is 10.3. The van der Waals surface area contributed by atoms with Crippen molar-refractivity contribution >= 4 is 44.8 Å². The molecule has 9 heteroatoms. The Morgan fingerprint density at radius 3 is 2.60 bits per heavy atom. The van der Waals surface area contributed by atoms with Crippen LogP contribution in [0.5, 0.6) is 0 Å². The third-order valence-corrected chi connectivity index (χ3v) is 9.37. The van der Waals surface area contributed by atoms with E-state index in [4.69, 9.17) is 9.40 Å². The normalized spacial score (nSPS) is 13.2. The van der Waals surface area contributed by atoms with Crippen molar-refractivity contribution in [2.45, 2.75) is 19.9 Å². The molecule has 1 aliphatic rings.